The third-order valence-electron chi connectivity index (χ3n) is 5.49. The molecule has 3 aliphatic rings. The van der Waals surface area contributed by atoms with Crippen molar-refractivity contribution in [1.82, 2.24) is 10.2 Å². The molecule has 1 N–H and O–H groups in total. The van der Waals surface area contributed by atoms with Gasteiger partial charge in [-0.1, -0.05) is 34.6 Å². The van der Waals surface area contributed by atoms with Gasteiger partial charge in [-0.2, -0.15) is 0 Å². The molecular formula is C17H30N2O. The lowest BCUT2D eigenvalue weighted by molar-refractivity contribution is -0.135. The molecule has 1 amide bonds. The van der Waals surface area contributed by atoms with Gasteiger partial charge in [-0.3, -0.25) is 10.1 Å². The highest BCUT2D eigenvalue weighted by Crippen LogP contribution is 2.50. The van der Waals surface area contributed by atoms with Crippen molar-refractivity contribution in [3.05, 3.63) is 0 Å². The van der Waals surface area contributed by atoms with Gasteiger partial charge < -0.3 is 4.90 Å². The van der Waals surface area contributed by atoms with E-state index >= 15 is 0 Å². The summed E-state index contributed by atoms with van der Waals surface area (Å²) in [5, 5.41) is 3.62. The van der Waals surface area contributed by atoms with Crippen molar-refractivity contribution < 1.29 is 4.79 Å². The first-order chi connectivity index (χ1) is 9.18. The van der Waals surface area contributed by atoms with Gasteiger partial charge in [0.2, 0.25) is 5.91 Å². The summed E-state index contributed by atoms with van der Waals surface area (Å²) in [7, 11) is 0. The van der Waals surface area contributed by atoms with Crippen LogP contribution in [0.4, 0.5) is 0 Å². The molecule has 2 saturated carbocycles. The van der Waals surface area contributed by atoms with Crippen molar-refractivity contribution in [2.75, 3.05) is 0 Å². The summed E-state index contributed by atoms with van der Waals surface area (Å²) in [5.41, 5.74) is 0.515. The highest BCUT2D eigenvalue weighted by molar-refractivity contribution is 5.92. The normalized spacial score (nSPS) is 34.8. The number of hydrogen-bond acceptors (Lipinski definition) is 2. The summed E-state index contributed by atoms with van der Waals surface area (Å²) in [6.45, 7) is 11.6. The lowest BCUT2D eigenvalue weighted by Crippen LogP contribution is -2.51. The molecule has 1 atom stereocenters. The van der Waals surface area contributed by atoms with Crippen molar-refractivity contribution in [3.8, 4) is 0 Å². The van der Waals surface area contributed by atoms with E-state index in [0.29, 0.717) is 22.8 Å². The van der Waals surface area contributed by atoms with Gasteiger partial charge in [0.15, 0.2) is 0 Å². The van der Waals surface area contributed by atoms with Crippen molar-refractivity contribution in [2.45, 2.75) is 90.9 Å². The summed E-state index contributed by atoms with van der Waals surface area (Å²) >= 11 is 0. The molecule has 1 spiro atoms. The average molecular weight is 278 g/mol. The number of carbonyl (C=O) groups is 1. The first kappa shape index (κ1) is 14.4. The first-order valence-corrected chi connectivity index (χ1v) is 8.29. The fourth-order valence-corrected chi connectivity index (χ4v) is 5.03. The molecule has 1 unspecified atom stereocenters. The van der Waals surface area contributed by atoms with E-state index in [1.807, 2.05) is 0 Å². The minimum absolute atomic E-state index is 0.160. The van der Waals surface area contributed by atoms with E-state index in [0.717, 1.165) is 32.1 Å². The number of rotatable bonds is 2. The highest BCUT2D eigenvalue weighted by atomic mass is 16.2. The maximum Gasteiger partial charge on any atom is 0.244 e. The Balaban J connectivity index is 1.85. The van der Waals surface area contributed by atoms with E-state index in [2.05, 4.69) is 44.8 Å². The number of nitrogens with zero attached hydrogens (tertiary/aromatic N) is 1. The van der Waals surface area contributed by atoms with Crippen LogP contribution < -0.4 is 5.32 Å². The fourth-order valence-electron chi connectivity index (χ4n) is 5.03. The molecule has 0 bridgehead atoms. The van der Waals surface area contributed by atoms with Crippen molar-refractivity contribution in [2.24, 2.45) is 10.8 Å². The third kappa shape index (κ3) is 2.28. The quantitative estimate of drug-likeness (QED) is 0.840. The van der Waals surface area contributed by atoms with Gasteiger partial charge in [0.05, 0.1) is 11.7 Å². The molecule has 1 saturated heterocycles. The number of carbonyl (C=O) groups excluding carboxylic acids is 1. The smallest absolute Gasteiger partial charge is 0.244 e. The Bertz CT molecular complexity index is 407. The molecule has 3 heteroatoms. The zero-order valence-electron chi connectivity index (χ0n) is 13.8. The molecule has 114 valence electrons. The average Bonchev–Trinajstić information content (AvgIpc) is 2.98. The van der Waals surface area contributed by atoms with Crippen LogP contribution in [0.1, 0.15) is 73.1 Å². The van der Waals surface area contributed by atoms with E-state index in [-0.39, 0.29) is 11.7 Å². The van der Waals surface area contributed by atoms with Gasteiger partial charge in [0, 0.05) is 6.04 Å². The van der Waals surface area contributed by atoms with Crippen LogP contribution in [0.2, 0.25) is 0 Å². The minimum atomic E-state index is -0.160. The summed E-state index contributed by atoms with van der Waals surface area (Å²) in [5.74, 6) is 0.392. The summed E-state index contributed by atoms with van der Waals surface area (Å²) in [6, 6.07) is 0.415. The molecular weight excluding hydrogens is 248 g/mol. The molecule has 20 heavy (non-hydrogen) atoms. The maximum absolute atomic E-state index is 12.8. The molecule has 0 radical (unpaired) electrons. The lowest BCUT2D eigenvalue weighted by Gasteiger charge is -2.48. The maximum atomic E-state index is 12.8. The molecule has 0 aromatic carbocycles. The zero-order valence-corrected chi connectivity index (χ0v) is 13.8. The Labute approximate surface area is 123 Å². The second-order valence-electron chi connectivity index (χ2n) is 8.93. The van der Waals surface area contributed by atoms with Gasteiger partial charge in [-0.05, 0) is 49.4 Å². The van der Waals surface area contributed by atoms with Crippen LogP contribution in [0.25, 0.3) is 0 Å². The van der Waals surface area contributed by atoms with Crippen LogP contribution in [-0.2, 0) is 4.79 Å². The van der Waals surface area contributed by atoms with E-state index < -0.39 is 0 Å². The van der Waals surface area contributed by atoms with E-state index in [1.165, 1.54) is 6.42 Å². The van der Waals surface area contributed by atoms with Gasteiger partial charge in [-0.25, -0.2) is 0 Å². The molecule has 1 heterocycles. The lowest BCUT2D eigenvalue weighted by atomic mass is 9.63. The Morgan fingerprint density at radius 2 is 1.70 bits per heavy atom. The van der Waals surface area contributed by atoms with Crippen LogP contribution in [0.3, 0.4) is 0 Å². The number of amides is 1. The van der Waals surface area contributed by atoms with Crippen molar-refractivity contribution in [3.63, 3.8) is 0 Å². The van der Waals surface area contributed by atoms with E-state index in [4.69, 9.17) is 0 Å². The number of hydrogen-bond donors (Lipinski definition) is 1. The summed E-state index contributed by atoms with van der Waals surface area (Å²) in [6.07, 6.45) is 6.92. The summed E-state index contributed by atoms with van der Waals surface area (Å²) < 4.78 is 0. The predicted molar refractivity (Wildman–Crippen MR) is 81.2 cm³/mol. The van der Waals surface area contributed by atoms with E-state index in [9.17, 15) is 4.79 Å². The van der Waals surface area contributed by atoms with Crippen LogP contribution in [-0.4, -0.2) is 28.6 Å². The van der Waals surface area contributed by atoms with Gasteiger partial charge in [0.25, 0.3) is 0 Å². The largest absolute Gasteiger partial charge is 0.323 e. The monoisotopic (exact) mass is 278 g/mol. The van der Waals surface area contributed by atoms with Gasteiger partial charge in [0.1, 0.15) is 0 Å². The standard InChI is InChI=1S/C17H30N2O/c1-6-13-18-17(7-8-17)14(20)19(13)12-9-15(2,3)11-16(4,5)10-12/h12-13,18H,6-11H2,1-5H3. The van der Waals surface area contributed by atoms with Gasteiger partial charge >= 0.3 is 0 Å². The zero-order chi connectivity index (χ0) is 14.8. The van der Waals surface area contributed by atoms with Crippen LogP contribution in [0, 0.1) is 10.8 Å². The molecule has 2 aliphatic carbocycles. The Hall–Kier alpha value is -0.570. The molecule has 1 aliphatic heterocycles. The third-order valence-corrected chi connectivity index (χ3v) is 5.49. The molecule has 0 aromatic rings. The Morgan fingerprint density at radius 3 is 2.15 bits per heavy atom. The van der Waals surface area contributed by atoms with Crippen LogP contribution in [0.5, 0.6) is 0 Å². The fraction of sp³-hybridized carbons (Fsp3) is 0.941. The molecule has 3 rings (SSSR count). The molecule has 3 fully saturated rings. The van der Waals surface area contributed by atoms with E-state index in [1.54, 1.807) is 0 Å². The second-order valence-corrected chi connectivity index (χ2v) is 8.93. The van der Waals surface area contributed by atoms with Crippen molar-refractivity contribution >= 4 is 5.91 Å². The topological polar surface area (TPSA) is 32.3 Å². The SMILES string of the molecule is CCC1NC2(CC2)C(=O)N1C1CC(C)(C)CC(C)(C)C1. The highest BCUT2D eigenvalue weighted by Gasteiger charge is 2.60. The summed E-state index contributed by atoms with van der Waals surface area (Å²) in [4.78, 5) is 15.1. The Kier molecular flexibility index (Phi) is 3.03. The van der Waals surface area contributed by atoms with Crippen molar-refractivity contribution in [1.29, 1.82) is 0 Å². The second kappa shape index (κ2) is 4.22. The first-order valence-electron chi connectivity index (χ1n) is 8.29. The predicted octanol–water partition coefficient (Wildman–Crippen LogP) is 3.29. The number of nitrogens with one attached hydrogen (secondary N) is 1. The molecule has 3 nitrogen and oxygen atoms in total. The van der Waals surface area contributed by atoms with Crippen LogP contribution >= 0.6 is 0 Å². The van der Waals surface area contributed by atoms with Gasteiger partial charge in [-0.15, -0.1) is 0 Å². The van der Waals surface area contributed by atoms with Crippen LogP contribution in [0.15, 0.2) is 0 Å². The molecule has 0 aromatic heterocycles. The minimum Gasteiger partial charge on any atom is -0.323 e. The Morgan fingerprint density at radius 1 is 1.15 bits per heavy atom.